The molecule has 1 fully saturated rings. The Kier molecular flexibility index (Phi) is 8.39. The van der Waals surface area contributed by atoms with Crippen LogP contribution in [0.2, 0.25) is 0 Å². The summed E-state index contributed by atoms with van der Waals surface area (Å²) in [6.07, 6.45) is 1.93. The van der Waals surface area contributed by atoms with Crippen molar-refractivity contribution in [3.8, 4) is 0 Å². The minimum atomic E-state index is -1.29. The second-order valence-corrected chi connectivity index (χ2v) is 9.46. The van der Waals surface area contributed by atoms with E-state index < -0.39 is 48.4 Å². The van der Waals surface area contributed by atoms with E-state index in [1.54, 1.807) is 78.8 Å². The molecule has 42 heavy (non-hydrogen) atoms. The van der Waals surface area contributed by atoms with E-state index in [9.17, 15) is 19.2 Å². The minimum Gasteiger partial charge on any atom is -0.459 e. The van der Waals surface area contributed by atoms with Crippen molar-refractivity contribution in [1.29, 1.82) is 0 Å². The van der Waals surface area contributed by atoms with Gasteiger partial charge in [0.2, 0.25) is 5.82 Å². The zero-order valence-electron chi connectivity index (χ0n) is 22.4. The van der Waals surface area contributed by atoms with Gasteiger partial charge in [0.05, 0.1) is 16.7 Å². The molecule has 0 radical (unpaired) electrons. The molecular formula is C29H27N5O8. The first kappa shape index (κ1) is 28.2. The van der Waals surface area contributed by atoms with Crippen molar-refractivity contribution in [3.63, 3.8) is 0 Å². The fourth-order valence-electron chi connectivity index (χ4n) is 4.44. The fourth-order valence-corrected chi connectivity index (χ4v) is 4.44. The molecule has 0 saturated carbocycles. The summed E-state index contributed by atoms with van der Waals surface area (Å²) in [6, 6.07) is 16.4. The molecule has 13 nitrogen and oxygen atoms in total. The number of primary amides is 1. The third-order valence-corrected chi connectivity index (χ3v) is 6.46. The van der Waals surface area contributed by atoms with Crippen LogP contribution in [0.3, 0.4) is 0 Å². The number of carbonyl (C=O) groups is 4. The molecule has 0 unspecified atom stereocenters. The molecule has 2 aliphatic rings. The van der Waals surface area contributed by atoms with E-state index in [0.717, 1.165) is 4.68 Å². The normalized spacial score (nSPS) is 21.4. The van der Waals surface area contributed by atoms with Gasteiger partial charge in [0.1, 0.15) is 19.0 Å². The molecule has 5 rings (SSSR count). The van der Waals surface area contributed by atoms with E-state index in [-0.39, 0.29) is 23.6 Å². The van der Waals surface area contributed by atoms with Gasteiger partial charge in [-0.3, -0.25) is 4.79 Å². The number of nitrogens with two attached hydrogens (primary N) is 1. The SMILES string of the molecule is CN1C=CCC(C(=O)OC[C@H]2O[C@@H](n3cnc(C(N)=O)n3)[C@H](OC(=O)c3ccccc3)[C@@H]2OC(=O)c2ccccc2)=C1. The predicted molar refractivity (Wildman–Crippen MR) is 144 cm³/mol. The maximum Gasteiger partial charge on any atom is 0.338 e. The third kappa shape index (κ3) is 6.36. The van der Waals surface area contributed by atoms with Crippen LogP contribution in [0.4, 0.5) is 0 Å². The number of allylic oxidation sites excluding steroid dienone is 1. The van der Waals surface area contributed by atoms with E-state index in [0.29, 0.717) is 12.0 Å². The predicted octanol–water partition coefficient (Wildman–Crippen LogP) is 2.00. The molecule has 1 saturated heterocycles. The highest BCUT2D eigenvalue weighted by molar-refractivity contribution is 5.91. The second kappa shape index (κ2) is 12.5. The van der Waals surface area contributed by atoms with Gasteiger partial charge in [0.15, 0.2) is 18.4 Å². The Bertz CT molecular complexity index is 1520. The molecule has 0 bridgehead atoms. The summed E-state index contributed by atoms with van der Waals surface area (Å²) in [5.41, 5.74) is 6.20. The van der Waals surface area contributed by atoms with Gasteiger partial charge in [0, 0.05) is 19.7 Å². The summed E-state index contributed by atoms with van der Waals surface area (Å²) in [5.74, 6) is -3.24. The zero-order chi connectivity index (χ0) is 29.6. The molecule has 3 heterocycles. The largest absolute Gasteiger partial charge is 0.459 e. The maximum absolute atomic E-state index is 13.2. The highest BCUT2D eigenvalue weighted by atomic mass is 16.7. The maximum atomic E-state index is 13.2. The van der Waals surface area contributed by atoms with Crippen LogP contribution in [0, 0.1) is 0 Å². The molecular weight excluding hydrogens is 546 g/mol. The number of benzene rings is 2. The number of carbonyl (C=O) groups excluding carboxylic acids is 4. The lowest BCUT2D eigenvalue weighted by molar-refractivity contribution is -0.146. The first-order chi connectivity index (χ1) is 20.3. The lowest BCUT2D eigenvalue weighted by atomic mass is 10.1. The van der Waals surface area contributed by atoms with Crippen LogP contribution >= 0.6 is 0 Å². The highest BCUT2D eigenvalue weighted by Gasteiger charge is 2.52. The van der Waals surface area contributed by atoms with Gasteiger partial charge >= 0.3 is 17.9 Å². The van der Waals surface area contributed by atoms with Gasteiger partial charge in [-0.05, 0) is 30.5 Å². The van der Waals surface area contributed by atoms with Gasteiger partial charge in [-0.15, -0.1) is 5.10 Å². The van der Waals surface area contributed by atoms with Crippen LogP contribution in [0.15, 0.2) is 91.0 Å². The van der Waals surface area contributed by atoms with Crippen molar-refractivity contribution in [2.24, 2.45) is 5.73 Å². The zero-order valence-corrected chi connectivity index (χ0v) is 22.4. The van der Waals surface area contributed by atoms with E-state index in [4.69, 9.17) is 24.7 Å². The van der Waals surface area contributed by atoms with Crippen LogP contribution in [-0.2, 0) is 23.7 Å². The quantitative estimate of drug-likeness (QED) is 0.294. The molecule has 4 atom stereocenters. The minimum absolute atomic E-state index is 0.233. The topological polar surface area (TPSA) is 165 Å². The molecule has 1 aromatic heterocycles. The van der Waals surface area contributed by atoms with E-state index in [2.05, 4.69) is 10.1 Å². The Labute approximate surface area is 240 Å². The Morgan fingerprint density at radius 2 is 1.55 bits per heavy atom. The average molecular weight is 574 g/mol. The number of rotatable bonds is 9. The smallest absolute Gasteiger partial charge is 0.338 e. The first-order valence-corrected chi connectivity index (χ1v) is 12.9. The number of amides is 1. The molecule has 2 N–H and O–H groups in total. The summed E-state index contributed by atoms with van der Waals surface area (Å²) < 4.78 is 24.5. The number of ether oxygens (including phenoxy) is 4. The first-order valence-electron chi connectivity index (χ1n) is 12.9. The van der Waals surface area contributed by atoms with Gasteiger partial charge in [-0.2, -0.15) is 0 Å². The summed E-state index contributed by atoms with van der Waals surface area (Å²) in [7, 11) is 1.77. The molecule has 216 valence electrons. The van der Waals surface area contributed by atoms with Gasteiger partial charge in [-0.25, -0.2) is 24.0 Å². The molecule has 3 aromatic rings. The lowest BCUT2D eigenvalue weighted by Crippen LogP contribution is -2.41. The Morgan fingerprint density at radius 1 is 0.929 bits per heavy atom. The van der Waals surface area contributed by atoms with Crippen molar-refractivity contribution in [2.45, 2.75) is 31.0 Å². The van der Waals surface area contributed by atoms with E-state index in [1.165, 1.54) is 6.33 Å². The summed E-state index contributed by atoms with van der Waals surface area (Å²) in [4.78, 5) is 56.4. The number of hydrogen-bond donors (Lipinski definition) is 1. The van der Waals surface area contributed by atoms with Gasteiger partial charge in [-0.1, -0.05) is 42.5 Å². The number of aromatic nitrogens is 3. The average Bonchev–Trinajstić information content (AvgIpc) is 3.62. The Balaban J connectivity index is 1.46. The van der Waals surface area contributed by atoms with Crippen LogP contribution < -0.4 is 5.73 Å². The monoisotopic (exact) mass is 573 g/mol. The summed E-state index contributed by atoms with van der Waals surface area (Å²) in [5, 5.41) is 4.05. The van der Waals surface area contributed by atoms with Crippen molar-refractivity contribution in [2.75, 3.05) is 13.7 Å². The number of nitrogens with zero attached hydrogens (tertiary/aromatic N) is 4. The Morgan fingerprint density at radius 3 is 2.12 bits per heavy atom. The van der Waals surface area contributed by atoms with Crippen molar-refractivity contribution < 1.29 is 38.1 Å². The van der Waals surface area contributed by atoms with Gasteiger partial charge < -0.3 is 29.6 Å². The van der Waals surface area contributed by atoms with Crippen molar-refractivity contribution in [1.82, 2.24) is 19.7 Å². The molecule has 0 aliphatic carbocycles. The summed E-state index contributed by atoms with van der Waals surface area (Å²) >= 11 is 0. The molecule has 2 aliphatic heterocycles. The van der Waals surface area contributed by atoms with Crippen LogP contribution in [0.25, 0.3) is 0 Å². The number of esters is 3. The van der Waals surface area contributed by atoms with Crippen molar-refractivity contribution in [3.05, 3.63) is 108 Å². The third-order valence-electron chi connectivity index (χ3n) is 6.46. The van der Waals surface area contributed by atoms with Gasteiger partial charge in [0.25, 0.3) is 5.91 Å². The van der Waals surface area contributed by atoms with Crippen LogP contribution in [0.1, 0.15) is 44.0 Å². The molecule has 1 amide bonds. The number of hydrogen-bond acceptors (Lipinski definition) is 11. The van der Waals surface area contributed by atoms with E-state index >= 15 is 0 Å². The van der Waals surface area contributed by atoms with Crippen LogP contribution in [0.5, 0.6) is 0 Å². The highest BCUT2D eigenvalue weighted by Crippen LogP contribution is 2.35. The lowest BCUT2D eigenvalue weighted by Gasteiger charge is -2.24. The molecule has 13 heteroatoms. The van der Waals surface area contributed by atoms with Crippen molar-refractivity contribution >= 4 is 23.8 Å². The summed E-state index contributed by atoms with van der Waals surface area (Å²) in [6.45, 7) is -0.358. The van der Waals surface area contributed by atoms with E-state index in [1.807, 2.05) is 12.3 Å². The Hall–Kier alpha value is -5.30. The molecule has 0 spiro atoms. The molecule has 2 aromatic carbocycles. The fraction of sp³-hybridized carbons (Fsp3) is 0.241. The second-order valence-electron chi connectivity index (χ2n) is 9.46. The standard InChI is InChI=1S/C29H27N5O8/c1-33-14-8-13-20(15-33)27(36)39-16-21-22(41-28(37)18-9-4-2-5-10-18)23(42-29(38)19-11-6-3-7-12-19)26(40-21)34-17-31-25(32-34)24(30)35/h2-12,14-15,17,21-23,26H,13,16H2,1H3,(H2,30,35)/t21-,22-,23-,26-/m1/s1. The van der Waals surface area contributed by atoms with Crippen LogP contribution in [-0.4, -0.2) is 75.4 Å².